The monoisotopic (exact) mass is 313 g/mol. The molecule has 23 heavy (non-hydrogen) atoms. The molecule has 0 atom stereocenters. The van der Waals surface area contributed by atoms with Crippen LogP contribution in [0.3, 0.4) is 0 Å². The summed E-state index contributed by atoms with van der Waals surface area (Å²) in [7, 11) is 3.57. The highest BCUT2D eigenvalue weighted by molar-refractivity contribution is 6.08. The summed E-state index contributed by atoms with van der Waals surface area (Å²) in [5.41, 5.74) is 2.61. The standard InChI is InChI=1S/C17H19N3O3/c1-4-12-5-7-13(8-6-12)18-17(21)15-11-14(20(22)23)9-10-16(15)19(2)3/h5-11H,4H2,1-3H3,(H,18,21). The summed E-state index contributed by atoms with van der Waals surface area (Å²) in [6.07, 6.45) is 0.921. The van der Waals surface area contributed by atoms with Gasteiger partial charge in [0.15, 0.2) is 0 Å². The SMILES string of the molecule is CCc1ccc(NC(=O)c2cc([N+](=O)[O-])ccc2N(C)C)cc1. The van der Waals surface area contributed by atoms with Gasteiger partial charge in [0.1, 0.15) is 0 Å². The Labute approximate surface area is 134 Å². The van der Waals surface area contributed by atoms with Crippen LogP contribution in [0.1, 0.15) is 22.8 Å². The van der Waals surface area contributed by atoms with Gasteiger partial charge in [0.05, 0.1) is 10.5 Å². The summed E-state index contributed by atoms with van der Waals surface area (Å²) in [6.45, 7) is 2.06. The lowest BCUT2D eigenvalue weighted by Crippen LogP contribution is -2.18. The molecule has 0 fully saturated rings. The third-order valence-corrected chi connectivity index (χ3v) is 3.54. The number of nitrogens with one attached hydrogen (secondary N) is 1. The van der Waals surface area contributed by atoms with Gasteiger partial charge in [-0.1, -0.05) is 19.1 Å². The molecule has 0 spiro atoms. The van der Waals surface area contributed by atoms with E-state index in [2.05, 4.69) is 12.2 Å². The van der Waals surface area contributed by atoms with E-state index in [1.54, 1.807) is 25.1 Å². The van der Waals surface area contributed by atoms with Crippen LogP contribution >= 0.6 is 0 Å². The number of anilines is 2. The molecule has 0 heterocycles. The first kappa shape index (κ1) is 16.5. The Morgan fingerprint density at radius 2 is 1.83 bits per heavy atom. The molecule has 6 nitrogen and oxygen atoms in total. The van der Waals surface area contributed by atoms with Crippen LogP contribution in [-0.4, -0.2) is 24.9 Å². The van der Waals surface area contributed by atoms with E-state index in [0.29, 0.717) is 11.4 Å². The summed E-state index contributed by atoms with van der Waals surface area (Å²) in [5, 5.41) is 13.7. The molecule has 0 saturated carbocycles. The van der Waals surface area contributed by atoms with Crippen molar-refractivity contribution in [1.29, 1.82) is 0 Å². The molecule has 0 aliphatic heterocycles. The van der Waals surface area contributed by atoms with Crippen molar-refractivity contribution in [3.8, 4) is 0 Å². The molecule has 2 rings (SSSR count). The number of nitro benzene ring substituents is 1. The number of hydrogen-bond donors (Lipinski definition) is 1. The van der Waals surface area contributed by atoms with Crippen LogP contribution in [0, 0.1) is 10.1 Å². The summed E-state index contributed by atoms with van der Waals surface area (Å²) < 4.78 is 0. The lowest BCUT2D eigenvalue weighted by atomic mass is 10.1. The van der Waals surface area contributed by atoms with Crippen molar-refractivity contribution in [3.63, 3.8) is 0 Å². The average molecular weight is 313 g/mol. The highest BCUT2D eigenvalue weighted by Crippen LogP contribution is 2.25. The normalized spacial score (nSPS) is 10.2. The molecule has 0 unspecified atom stereocenters. The predicted molar refractivity (Wildman–Crippen MR) is 91.2 cm³/mol. The Balaban J connectivity index is 2.32. The van der Waals surface area contributed by atoms with E-state index >= 15 is 0 Å². The second-order valence-corrected chi connectivity index (χ2v) is 5.36. The molecule has 0 saturated heterocycles. The van der Waals surface area contributed by atoms with E-state index in [4.69, 9.17) is 0 Å². The van der Waals surface area contributed by atoms with Gasteiger partial charge in [-0.15, -0.1) is 0 Å². The van der Waals surface area contributed by atoms with Crippen molar-refractivity contribution in [2.45, 2.75) is 13.3 Å². The maximum atomic E-state index is 12.5. The van der Waals surface area contributed by atoms with Gasteiger partial charge in [0.25, 0.3) is 11.6 Å². The molecular formula is C17H19N3O3. The smallest absolute Gasteiger partial charge is 0.270 e. The molecule has 120 valence electrons. The summed E-state index contributed by atoms with van der Waals surface area (Å²) in [4.78, 5) is 24.7. The van der Waals surface area contributed by atoms with Crippen LogP contribution in [0.15, 0.2) is 42.5 Å². The summed E-state index contributed by atoms with van der Waals surface area (Å²) >= 11 is 0. The van der Waals surface area contributed by atoms with Crippen LogP contribution in [0.25, 0.3) is 0 Å². The average Bonchev–Trinajstić information content (AvgIpc) is 2.54. The van der Waals surface area contributed by atoms with E-state index < -0.39 is 4.92 Å². The molecule has 6 heteroatoms. The van der Waals surface area contributed by atoms with E-state index in [1.807, 2.05) is 24.3 Å². The van der Waals surface area contributed by atoms with Crippen molar-refractivity contribution in [1.82, 2.24) is 0 Å². The fourth-order valence-corrected chi connectivity index (χ4v) is 2.23. The number of carbonyl (C=O) groups is 1. The Morgan fingerprint density at radius 3 is 2.35 bits per heavy atom. The summed E-state index contributed by atoms with van der Waals surface area (Å²) in [5.74, 6) is -0.373. The van der Waals surface area contributed by atoms with Crippen molar-refractivity contribution in [3.05, 3.63) is 63.7 Å². The second-order valence-electron chi connectivity index (χ2n) is 5.36. The molecule has 0 radical (unpaired) electrons. The molecule has 0 aromatic heterocycles. The number of aryl methyl sites for hydroxylation is 1. The Morgan fingerprint density at radius 1 is 1.17 bits per heavy atom. The number of rotatable bonds is 5. The van der Waals surface area contributed by atoms with Crippen molar-refractivity contribution in [2.24, 2.45) is 0 Å². The van der Waals surface area contributed by atoms with Crippen LogP contribution in [-0.2, 0) is 6.42 Å². The zero-order valence-corrected chi connectivity index (χ0v) is 13.4. The first-order valence-electron chi connectivity index (χ1n) is 7.28. The lowest BCUT2D eigenvalue weighted by Gasteiger charge is -2.17. The molecule has 2 aromatic carbocycles. The fourth-order valence-electron chi connectivity index (χ4n) is 2.23. The molecule has 2 aromatic rings. The minimum Gasteiger partial charge on any atom is -0.377 e. The van der Waals surface area contributed by atoms with E-state index in [1.165, 1.54) is 17.7 Å². The number of nitrogens with zero attached hydrogens (tertiary/aromatic N) is 2. The Bertz CT molecular complexity index is 724. The molecular weight excluding hydrogens is 294 g/mol. The maximum Gasteiger partial charge on any atom is 0.270 e. The largest absolute Gasteiger partial charge is 0.377 e. The van der Waals surface area contributed by atoms with Gasteiger partial charge in [-0.2, -0.15) is 0 Å². The van der Waals surface area contributed by atoms with Crippen molar-refractivity contribution >= 4 is 23.0 Å². The van der Waals surface area contributed by atoms with E-state index in [9.17, 15) is 14.9 Å². The zero-order chi connectivity index (χ0) is 17.0. The van der Waals surface area contributed by atoms with Crippen molar-refractivity contribution in [2.75, 3.05) is 24.3 Å². The Hall–Kier alpha value is -2.89. The van der Waals surface area contributed by atoms with Crippen LogP contribution in [0.2, 0.25) is 0 Å². The third-order valence-electron chi connectivity index (χ3n) is 3.54. The number of amides is 1. The van der Waals surface area contributed by atoms with Crippen molar-refractivity contribution < 1.29 is 9.72 Å². The van der Waals surface area contributed by atoms with Crippen LogP contribution < -0.4 is 10.2 Å². The first-order chi connectivity index (χ1) is 10.9. The number of nitro groups is 1. The van der Waals surface area contributed by atoms with Gasteiger partial charge in [0, 0.05) is 37.6 Å². The van der Waals surface area contributed by atoms with Gasteiger partial charge in [0.2, 0.25) is 0 Å². The minimum absolute atomic E-state index is 0.109. The summed E-state index contributed by atoms with van der Waals surface area (Å²) in [6, 6.07) is 11.8. The highest BCUT2D eigenvalue weighted by atomic mass is 16.6. The topological polar surface area (TPSA) is 75.5 Å². The number of carbonyl (C=O) groups excluding carboxylic acids is 1. The zero-order valence-electron chi connectivity index (χ0n) is 13.4. The number of benzene rings is 2. The first-order valence-corrected chi connectivity index (χ1v) is 7.28. The number of non-ortho nitro benzene ring substituents is 1. The molecule has 1 N–H and O–H groups in total. The maximum absolute atomic E-state index is 12.5. The van der Waals surface area contributed by atoms with Crippen LogP contribution in [0.5, 0.6) is 0 Å². The lowest BCUT2D eigenvalue weighted by molar-refractivity contribution is -0.384. The number of hydrogen-bond acceptors (Lipinski definition) is 4. The molecule has 0 aliphatic rings. The fraction of sp³-hybridized carbons (Fsp3) is 0.235. The second kappa shape index (κ2) is 6.91. The predicted octanol–water partition coefficient (Wildman–Crippen LogP) is 3.48. The molecule has 0 aliphatic carbocycles. The Kier molecular flexibility index (Phi) is 4.95. The van der Waals surface area contributed by atoms with Crippen LogP contribution in [0.4, 0.5) is 17.1 Å². The van der Waals surface area contributed by atoms with E-state index in [0.717, 1.165) is 6.42 Å². The van der Waals surface area contributed by atoms with Gasteiger partial charge in [-0.25, -0.2) is 0 Å². The van der Waals surface area contributed by atoms with E-state index in [-0.39, 0.29) is 17.2 Å². The minimum atomic E-state index is -0.508. The van der Waals surface area contributed by atoms with Gasteiger partial charge < -0.3 is 10.2 Å². The molecule has 0 bridgehead atoms. The van der Waals surface area contributed by atoms with Gasteiger partial charge in [-0.3, -0.25) is 14.9 Å². The highest BCUT2D eigenvalue weighted by Gasteiger charge is 2.18. The quantitative estimate of drug-likeness (QED) is 0.677. The van der Waals surface area contributed by atoms with Gasteiger partial charge >= 0.3 is 0 Å². The molecule has 1 amide bonds. The third kappa shape index (κ3) is 3.85. The van der Waals surface area contributed by atoms with Gasteiger partial charge in [-0.05, 0) is 30.2 Å².